The van der Waals surface area contributed by atoms with Crippen molar-refractivity contribution in [1.82, 2.24) is 10.2 Å². The van der Waals surface area contributed by atoms with E-state index in [1.165, 1.54) is 0 Å². The van der Waals surface area contributed by atoms with Gasteiger partial charge < -0.3 is 14.2 Å². The molecule has 28 heavy (non-hydrogen) atoms. The lowest BCUT2D eigenvalue weighted by Crippen LogP contribution is -2.30. The maximum absolute atomic E-state index is 9.76. The third-order valence-corrected chi connectivity index (χ3v) is 5.40. The van der Waals surface area contributed by atoms with Gasteiger partial charge in [0.05, 0.1) is 17.3 Å². The zero-order chi connectivity index (χ0) is 19.3. The minimum atomic E-state index is -0.757. The number of ether oxygens (including phenoxy) is 3. The van der Waals surface area contributed by atoms with Crippen molar-refractivity contribution in [2.45, 2.75) is 5.92 Å². The quantitative estimate of drug-likeness (QED) is 0.625. The molecule has 2 aromatic carbocycles. The molecule has 138 valence electrons. The van der Waals surface area contributed by atoms with Crippen LogP contribution in [0.15, 0.2) is 46.9 Å². The van der Waals surface area contributed by atoms with Crippen molar-refractivity contribution in [3.63, 3.8) is 0 Å². The number of H-pyrrole nitrogens is 1. The molecule has 0 radical (unpaired) electrons. The third kappa shape index (κ3) is 2.55. The Kier molecular flexibility index (Phi) is 3.84. The molecular formula is C20H13BrN4O3. The van der Waals surface area contributed by atoms with Crippen LogP contribution in [0.2, 0.25) is 0 Å². The molecule has 5 rings (SSSR count). The van der Waals surface area contributed by atoms with Gasteiger partial charge in [-0.15, -0.1) is 5.10 Å². The van der Waals surface area contributed by atoms with Gasteiger partial charge in [0.15, 0.2) is 11.5 Å². The molecule has 0 amide bonds. The SMILES string of the molecule is N#CC1C(=N)Oc2n[nH]c(-c3ccc4c(c3)OCO4)c2C1c1cccc(Br)c1. The number of hydrogen-bond acceptors (Lipinski definition) is 6. The molecule has 0 saturated carbocycles. The van der Waals surface area contributed by atoms with E-state index in [4.69, 9.17) is 19.6 Å². The van der Waals surface area contributed by atoms with Crippen LogP contribution >= 0.6 is 15.9 Å². The highest BCUT2D eigenvalue weighted by atomic mass is 79.9. The van der Waals surface area contributed by atoms with Crippen molar-refractivity contribution in [3.8, 4) is 34.7 Å². The van der Waals surface area contributed by atoms with E-state index in [-0.39, 0.29) is 12.7 Å². The summed E-state index contributed by atoms with van der Waals surface area (Å²) in [6.45, 7) is 0.192. The van der Waals surface area contributed by atoms with Crippen molar-refractivity contribution in [2.75, 3.05) is 6.79 Å². The molecule has 7 nitrogen and oxygen atoms in total. The molecule has 0 bridgehead atoms. The predicted molar refractivity (Wildman–Crippen MR) is 104 cm³/mol. The van der Waals surface area contributed by atoms with Crippen molar-refractivity contribution in [3.05, 3.63) is 58.1 Å². The summed E-state index contributed by atoms with van der Waals surface area (Å²) in [7, 11) is 0. The zero-order valence-electron chi connectivity index (χ0n) is 14.4. The van der Waals surface area contributed by atoms with Crippen LogP contribution in [0.1, 0.15) is 17.0 Å². The molecule has 2 N–H and O–H groups in total. The first-order valence-corrected chi connectivity index (χ1v) is 9.34. The molecule has 2 unspecified atom stereocenters. The minimum Gasteiger partial charge on any atom is -0.454 e. The topological polar surface area (TPSA) is 104 Å². The fourth-order valence-corrected chi connectivity index (χ4v) is 4.07. The Balaban J connectivity index is 1.70. The Morgan fingerprint density at radius 1 is 1.18 bits per heavy atom. The monoisotopic (exact) mass is 436 g/mol. The lowest BCUT2D eigenvalue weighted by molar-refractivity contribution is 0.174. The molecule has 0 saturated heterocycles. The first-order valence-electron chi connectivity index (χ1n) is 8.55. The highest BCUT2D eigenvalue weighted by Crippen LogP contribution is 2.47. The summed E-state index contributed by atoms with van der Waals surface area (Å²) in [5, 5.41) is 25.2. The minimum absolute atomic E-state index is 0.108. The number of benzene rings is 2. The smallest absolute Gasteiger partial charge is 0.244 e. The number of aromatic amines is 1. The van der Waals surface area contributed by atoms with E-state index in [0.717, 1.165) is 26.9 Å². The fourth-order valence-electron chi connectivity index (χ4n) is 3.65. The second-order valence-corrected chi connectivity index (χ2v) is 7.41. The summed E-state index contributed by atoms with van der Waals surface area (Å²) >= 11 is 3.49. The Bertz CT molecular complexity index is 1150. The van der Waals surface area contributed by atoms with Crippen LogP contribution < -0.4 is 14.2 Å². The largest absolute Gasteiger partial charge is 0.454 e. The van der Waals surface area contributed by atoms with E-state index in [1.807, 2.05) is 42.5 Å². The average molecular weight is 437 g/mol. The van der Waals surface area contributed by atoms with Crippen molar-refractivity contribution in [2.24, 2.45) is 5.92 Å². The third-order valence-electron chi connectivity index (χ3n) is 4.91. The highest BCUT2D eigenvalue weighted by molar-refractivity contribution is 9.10. The number of hydrogen-bond donors (Lipinski definition) is 2. The van der Waals surface area contributed by atoms with Gasteiger partial charge >= 0.3 is 0 Å². The second kappa shape index (κ2) is 6.39. The Morgan fingerprint density at radius 3 is 2.86 bits per heavy atom. The molecule has 3 aromatic rings. The van der Waals surface area contributed by atoms with Crippen LogP contribution in [0.5, 0.6) is 17.4 Å². The lowest BCUT2D eigenvalue weighted by atomic mass is 9.79. The number of halogens is 1. The van der Waals surface area contributed by atoms with Crippen molar-refractivity contribution >= 4 is 21.8 Å². The number of nitrogens with zero attached hydrogens (tertiary/aromatic N) is 2. The van der Waals surface area contributed by atoms with Gasteiger partial charge in [-0.1, -0.05) is 28.1 Å². The molecule has 8 heteroatoms. The van der Waals surface area contributed by atoms with E-state index in [2.05, 4.69) is 32.2 Å². The summed E-state index contributed by atoms with van der Waals surface area (Å²) < 4.78 is 17.3. The Morgan fingerprint density at radius 2 is 2.04 bits per heavy atom. The molecule has 0 fully saturated rings. The molecule has 2 aliphatic rings. The van der Waals surface area contributed by atoms with Crippen molar-refractivity contribution < 1.29 is 14.2 Å². The second-order valence-electron chi connectivity index (χ2n) is 6.49. The highest BCUT2D eigenvalue weighted by Gasteiger charge is 2.41. The molecule has 2 atom stereocenters. The van der Waals surface area contributed by atoms with Gasteiger partial charge in [0.1, 0.15) is 5.92 Å². The summed E-state index contributed by atoms with van der Waals surface area (Å²) in [5.41, 5.74) is 3.22. The number of nitriles is 1. The van der Waals surface area contributed by atoms with Crippen LogP contribution in [0.25, 0.3) is 11.3 Å². The van der Waals surface area contributed by atoms with Crippen LogP contribution in [0, 0.1) is 22.7 Å². The van der Waals surface area contributed by atoms with Gasteiger partial charge in [0.2, 0.25) is 18.6 Å². The first-order chi connectivity index (χ1) is 13.7. The number of nitrogens with one attached hydrogen (secondary N) is 2. The van der Waals surface area contributed by atoms with Crippen LogP contribution in [-0.4, -0.2) is 22.9 Å². The summed E-state index contributed by atoms with van der Waals surface area (Å²) in [4.78, 5) is 0. The van der Waals surface area contributed by atoms with Gasteiger partial charge in [-0.2, -0.15) is 5.26 Å². The van der Waals surface area contributed by atoms with Crippen LogP contribution in [-0.2, 0) is 0 Å². The Hall–Kier alpha value is -3.31. The molecule has 0 aliphatic carbocycles. The van der Waals surface area contributed by atoms with Gasteiger partial charge in [-0.25, -0.2) is 0 Å². The standard InChI is InChI=1S/C20H13BrN4O3/c21-12-3-1-2-10(6-12)16-13(8-22)19(23)28-20-17(16)18(24-25-20)11-4-5-14-15(7-11)27-9-26-14/h1-7,13,16,23H,9H2,(H,24,25). The van der Waals surface area contributed by atoms with Crippen LogP contribution in [0.3, 0.4) is 0 Å². The normalized spacial score (nSPS) is 19.6. The molecule has 2 aliphatic heterocycles. The number of aromatic nitrogens is 2. The van der Waals surface area contributed by atoms with E-state index < -0.39 is 11.8 Å². The van der Waals surface area contributed by atoms with E-state index in [1.54, 1.807) is 0 Å². The van der Waals surface area contributed by atoms with E-state index in [9.17, 15) is 5.26 Å². The maximum Gasteiger partial charge on any atom is 0.244 e. The Labute approximate surface area is 168 Å². The van der Waals surface area contributed by atoms with Gasteiger partial charge in [-0.3, -0.25) is 10.5 Å². The van der Waals surface area contributed by atoms with Gasteiger partial charge in [0.25, 0.3) is 0 Å². The van der Waals surface area contributed by atoms with Crippen LogP contribution in [0.4, 0.5) is 0 Å². The molecule has 0 spiro atoms. The van der Waals surface area contributed by atoms with Gasteiger partial charge in [0, 0.05) is 16.0 Å². The number of fused-ring (bicyclic) bond motifs is 2. The average Bonchev–Trinajstić information content (AvgIpc) is 3.32. The summed E-state index contributed by atoms with van der Waals surface area (Å²) in [6.07, 6.45) is 0. The van der Waals surface area contributed by atoms with E-state index >= 15 is 0 Å². The fraction of sp³-hybridized carbons (Fsp3) is 0.150. The number of rotatable bonds is 2. The molecule has 1 aromatic heterocycles. The molecule has 3 heterocycles. The first kappa shape index (κ1) is 16.8. The summed E-state index contributed by atoms with van der Waals surface area (Å²) in [6, 6.07) is 15.6. The van der Waals surface area contributed by atoms with E-state index in [0.29, 0.717) is 17.4 Å². The van der Waals surface area contributed by atoms with Crippen molar-refractivity contribution in [1.29, 1.82) is 10.7 Å². The zero-order valence-corrected chi connectivity index (χ0v) is 16.0. The maximum atomic E-state index is 9.76. The predicted octanol–water partition coefficient (Wildman–Crippen LogP) is 4.21. The lowest BCUT2D eigenvalue weighted by Gasteiger charge is -2.28. The van der Waals surface area contributed by atoms with Gasteiger partial charge in [-0.05, 0) is 35.9 Å². The summed E-state index contributed by atoms with van der Waals surface area (Å²) in [5.74, 6) is 0.401. The molecular weight excluding hydrogens is 424 g/mol.